The molecule has 0 saturated carbocycles. The summed E-state index contributed by atoms with van der Waals surface area (Å²) in [6.45, 7) is 15.0. The van der Waals surface area contributed by atoms with Crippen LogP contribution in [0.2, 0.25) is 0 Å². The van der Waals surface area contributed by atoms with Crippen LogP contribution < -0.4 is 4.72 Å². The van der Waals surface area contributed by atoms with E-state index in [1.165, 1.54) is 20.9 Å². The monoisotopic (exact) mass is 525 g/mol. The average Bonchev–Trinajstić information content (AvgIpc) is 3.41. The van der Waals surface area contributed by atoms with Gasteiger partial charge in [0.05, 0.1) is 4.90 Å². The molecule has 3 heterocycles. The lowest BCUT2D eigenvalue weighted by atomic mass is 9.82. The third-order valence-corrected chi connectivity index (χ3v) is 10.6. The molecule has 1 aliphatic rings. The third kappa shape index (κ3) is 5.91. The van der Waals surface area contributed by atoms with Gasteiger partial charge in [0.2, 0.25) is 10.0 Å². The van der Waals surface area contributed by atoms with Gasteiger partial charge < -0.3 is 0 Å². The van der Waals surface area contributed by atoms with E-state index in [0.717, 1.165) is 43.6 Å². The van der Waals surface area contributed by atoms with Gasteiger partial charge in [0.1, 0.15) is 0 Å². The number of nitrogens with one attached hydrogen (secondary N) is 1. The van der Waals surface area contributed by atoms with E-state index >= 15 is 0 Å². The van der Waals surface area contributed by atoms with Crippen molar-refractivity contribution in [3.8, 4) is 0 Å². The van der Waals surface area contributed by atoms with Crippen molar-refractivity contribution in [2.24, 2.45) is 5.41 Å². The molecule has 0 spiro atoms. The van der Waals surface area contributed by atoms with E-state index in [1.807, 2.05) is 43.5 Å². The van der Waals surface area contributed by atoms with Crippen molar-refractivity contribution >= 4 is 21.4 Å². The molecule has 0 radical (unpaired) electrons. The van der Waals surface area contributed by atoms with Gasteiger partial charge >= 0.3 is 0 Å². The number of hydrogen-bond donors (Lipinski definition) is 1. The molecule has 0 bridgehead atoms. The minimum atomic E-state index is -3.57. The van der Waals surface area contributed by atoms with Gasteiger partial charge in [0.15, 0.2) is 0 Å². The number of thiophene rings is 1. The van der Waals surface area contributed by atoms with E-state index in [0.29, 0.717) is 11.4 Å². The van der Waals surface area contributed by atoms with Crippen molar-refractivity contribution in [3.05, 3.63) is 80.8 Å². The number of aryl methyl sites for hydroxylation is 5. The molecule has 0 aliphatic carbocycles. The Labute approximate surface area is 221 Å². The smallest absolute Gasteiger partial charge is 0.240 e. The predicted octanol–water partition coefficient (Wildman–Crippen LogP) is 5.92. The molecule has 1 atom stereocenters. The van der Waals surface area contributed by atoms with Crippen LogP contribution >= 0.6 is 11.3 Å². The summed E-state index contributed by atoms with van der Waals surface area (Å²) in [4.78, 5) is 10.1. The van der Waals surface area contributed by atoms with Gasteiger partial charge in [-0.2, -0.15) is 0 Å². The molecule has 1 N–H and O–H groups in total. The number of benzene rings is 1. The van der Waals surface area contributed by atoms with Crippen LogP contribution in [-0.4, -0.2) is 37.9 Å². The SMILES string of the molecule is Cc1ccc(S(=O)(=O)NCC2(CCc3cc(C)c(C)s3)CCN(C(C)(C)c3ccc(C)nc3)C2)cc1. The maximum Gasteiger partial charge on any atom is 0.240 e. The van der Waals surface area contributed by atoms with Crippen molar-refractivity contribution in [1.82, 2.24) is 14.6 Å². The second-order valence-corrected chi connectivity index (χ2v) is 14.1. The minimum absolute atomic E-state index is 0.140. The largest absolute Gasteiger partial charge is 0.293 e. The van der Waals surface area contributed by atoms with Crippen LogP contribution in [0.25, 0.3) is 0 Å². The first-order chi connectivity index (χ1) is 16.9. The fraction of sp³-hybridized carbons (Fsp3) is 0.483. The first-order valence-corrected chi connectivity index (χ1v) is 15.0. The van der Waals surface area contributed by atoms with Gasteiger partial charge in [-0.25, -0.2) is 13.1 Å². The molecule has 194 valence electrons. The number of nitrogens with zero attached hydrogens (tertiary/aromatic N) is 2. The van der Waals surface area contributed by atoms with Gasteiger partial charge in [-0.05, 0) is 108 Å². The highest BCUT2D eigenvalue weighted by Gasteiger charge is 2.44. The van der Waals surface area contributed by atoms with E-state index in [4.69, 9.17) is 0 Å². The molecule has 0 amide bonds. The molecule has 1 unspecified atom stereocenters. The van der Waals surface area contributed by atoms with E-state index in [2.05, 4.69) is 60.5 Å². The molecular weight excluding hydrogens is 486 g/mol. The van der Waals surface area contributed by atoms with Crippen LogP contribution in [0.5, 0.6) is 0 Å². The lowest BCUT2D eigenvalue weighted by Gasteiger charge is -2.38. The molecule has 1 fully saturated rings. The number of sulfonamides is 1. The Hall–Kier alpha value is -2.06. The number of likely N-dealkylation sites (tertiary alicyclic amines) is 1. The maximum absolute atomic E-state index is 13.2. The lowest BCUT2D eigenvalue weighted by molar-refractivity contribution is 0.128. The molecule has 1 aromatic carbocycles. The average molecular weight is 526 g/mol. The number of rotatable bonds is 9. The van der Waals surface area contributed by atoms with Crippen LogP contribution in [0.3, 0.4) is 0 Å². The summed E-state index contributed by atoms with van der Waals surface area (Å²) in [5.41, 5.74) is 4.26. The highest BCUT2D eigenvalue weighted by atomic mass is 32.2. The molecule has 4 rings (SSSR count). The number of hydrogen-bond acceptors (Lipinski definition) is 5. The molecule has 7 heteroatoms. The highest BCUT2D eigenvalue weighted by molar-refractivity contribution is 7.89. The van der Waals surface area contributed by atoms with Crippen molar-refractivity contribution in [2.45, 2.75) is 71.2 Å². The van der Waals surface area contributed by atoms with Crippen molar-refractivity contribution in [3.63, 3.8) is 0 Å². The summed E-state index contributed by atoms with van der Waals surface area (Å²) in [7, 11) is -3.57. The molecule has 1 aliphatic heterocycles. The summed E-state index contributed by atoms with van der Waals surface area (Å²) >= 11 is 1.86. The van der Waals surface area contributed by atoms with Gasteiger partial charge in [-0.1, -0.05) is 23.8 Å². The fourth-order valence-electron chi connectivity index (χ4n) is 5.07. The Bertz CT molecular complexity index is 1280. The van der Waals surface area contributed by atoms with E-state index < -0.39 is 10.0 Å². The molecule has 2 aromatic heterocycles. The molecule has 3 aromatic rings. The van der Waals surface area contributed by atoms with Crippen molar-refractivity contribution in [2.75, 3.05) is 19.6 Å². The minimum Gasteiger partial charge on any atom is -0.293 e. The first kappa shape index (κ1) is 27.0. The maximum atomic E-state index is 13.2. The first-order valence-electron chi connectivity index (χ1n) is 12.7. The molecular formula is C29H39N3O2S2. The van der Waals surface area contributed by atoms with Gasteiger partial charge in [0, 0.05) is 40.3 Å². The van der Waals surface area contributed by atoms with Crippen LogP contribution in [-0.2, 0) is 22.0 Å². The Morgan fingerprint density at radius 1 is 1.08 bits per heavy atom. The van der Waals surface area contributed by atoms with Crippen molar-refractivity contribution in [1.29, 1.82) is 0 Å². The van der Waals surface area contributed by atoms with Crippen LogP contribution in [0.1, 0.15) is 58.8 Å². The van der Waals surface area contributed by atoms with Crippen molar-refractivity contribution < 1.29 is 8.42 Å². The van der Waals surface area contributed by atoms with E-state index in [1.54, 1.807) is 12.1 Å². The lowest BCUT2D eigenvalue weighted by Crippen LogP contribution is -2.44. The summed E-state index contributed by atoms with van der Waals surface area (Å²) in [6, 6.07) is 13.6. The Balaban J connectivity index is 1.56. The van der Waals surface area contributed by atoms with Crippen LogP contribution in [0.15, 0.2) is 53.6 Å². The predicted molar refractivity (Wildman–Crippen MR) is 149 cm³/mol. The third-order valence-electron chi connectivity index (χ3n) is 7.93. The van der Waals surface area contributed by atoms with Crippen LogP contribution in [0.4, 0.5) is 0 Å². The summed E-state index contributed by atoms with van der Waals surface area (Å²) in [6.07, 6.45) is 4.84. The second-order valence-electron chi connectivity index (χ2n) is 11.0. The second kappa shape index (κ2) is 10.4. The normalized spacial score (nSPS) is 19.2. The van der Waals surface area contributed by atoms with E-state index in [-0.39, 0.29) is 11.0 Å². The summed E-state index contributed by atoms with van der Waals surface area (Å²) in [5, 5.41) is 0. The molecule has 1 saturated heterocycles. The molecule has 5 nitrogen and oxygen atoms in total. The number of pyridine rings is 1. The number of aromatic nitrogens is 1. The van der Waals surface area contributed by atoms with Gasteiger partial charge in [-0.3, -0.25) is 9.88 Å². The zero-order chi connectivity index (χ0) is 26.1. The Kier molecular flexibility index (Phi) is 7.77. The quantitative estimate of drug-likeness (QED) is 0.377. The fourth-order valence-corrected chi connectivity index (χ4v) is 7.28. The zero-order valence-electron chi connectivity index (χ0n) is 22.4. The topological polar surface area (TPSA) is 62.3 Å². The van der Waals surface area contributed by atoms with E-state index in [9.17, 15) is 8.42 Å². The summed E-state index contributed by atoms with van der Waals surface area (Å²) < 4.78 is 29.3. The summed E-state index contributed by atoms with van der Waals surface area (Å²) in [5.74, 6) is 0. The van der Waals surface area contributed by atoms with Crippen LogP contribution in [0, 0.1) is 33.1 Å². The standard InChI is InChI=1S/C29H39N3O2S2/c1-21-7-11-27(12-8-21)36(33,34)31-19-29(14-13-26-17-22(2)24(4)35-26)15-16-32(20-29)28(5,6)25-10-9-23(3)30-18-25/h7-12,17-18,31H,13-16,19-20H2,1-6H3. The zero-order valence-corrected chi connectivity index (χ0v) is 24.0. The van der Waals surface area contributed by atoms with Gasteiger partial charge in [0.25, 0.3) is 0 Å². The Morgan fingerprint density at radius 3 is 2.42 bits per heavy atom. The van der Waals surface area contributed by atoms with Gasteiger partial charge in [-0.15, -0.1) is 11.3 Å². The Morgan fingerprint density at radius 2 is 1.81 bits per heavy atom. The molecule has 36 heavy (non-hydrogen) atoms. The highest BCUT2D eigenvalue weighted by Crippen LogP contribution is 2.42.